The highest BCUT2D eigenvalue weighted by Gasteiger charge is 2.39. The molecular formula is C50H34N4O. The molecular weight excluding hydrogens is 673 g/mol. The van der Waals surface area contributed by atoms with Crippen LogP contribution in [0.2, 0.25) is 0 Å². The van der Waals surface area contributed by atoms with Crippen molar-refractivity contribution in [1.82, 2.24) is 19.5 Å². The summed E-state index contributed by atoms with van der Waals surface area (Å²) in [5.41, 5.74) is 15.7. The molecule has 1 aliphatic carbocycles. The summed E-state index contributed by atoms with van der Waals surface area (Å²) in [4.78, 5) is 15.2. The molecule has 5 heteroatoms. The molecule has 11 rings (SSSR count). The first-order valence-electron chi connectivity index (χ1n) is 18.7. The van der Waals surface area contributed by atoms with E-state index in [4.69, 9.17) is 19.4 Å². The van der Waals surface area contributed by atoms with E-state index in [0.717, 1.165) is 50.4 Å². The van der Waals surface area contributed by atoms with Gasteiger partial charge in [-0.3, -0.25) is 0 Å². The van der Waals surface area contributed by atoms with Crippen LogP contribution < -0.4 is 0 Å². The van der Waals surface area contributed by atoms with Gasteiger partial charge >= 0.3 is 0 Å². The highest BCUT2D eigenvalue weighted by Crippen LogP contribution is 2.53. The van der Waals surface area contributed by atoms with Crippen LogP contribution in [0.3, 0.4) is 0 Å². The van der Waals surface area contributed by atoms with Gasteiger partial charge in [-0.1, -0.05) is 129 Å². The lowest BCUT2D eigenvalue weighted by atomic mass is 9.81. The Labute approximate surface area is 318 Å². The number of nitrogens with zero attached hydrogens (tertiary/aromatic N) is 4. The summed E-state index contributed by atoms with van der Waals surface area (Å²) in [5, 5.41) is 2.46. The fourth-order valence-electron chi connectivity index (χ4n) is 8.57. The molecule has 3 heterocycles. The number of rotatable bonds is 5. The minimum Gasteiger partial charge on any atom is -0.436 e. The van der Waals surface area contributed by atoms with Crippen molar-refractivity contribution >= 4 is 32.9 Å². The molecule has 0 bridgehead atoms. The van der Waals surface area contributed by atoms with Crippen molar-refractivity contribution in [2.75, 3.05) is 0 Å². The molecule has 0 unspecified atom stereocenters. The highest BCUT2D eigenvalue weighted by atomic mass is 16.3. The Morgan fingerprint density at radius 2 is 1.11 bits per heavy atom. The van der Waals surface area contributed by atoms with Gasteiger partial charge in [0.05, 0.1) is 22.4 Å². The first-order chi connectivity index (χ1) is 27.0. The van der Waals surface area contributed by atoms with Crippen molar-refractivity contribution < 1.29 is 4.42 Å². The van der Waals surface area contributed by atoms with Gasteiger partial charge in [0, 0.05) is 44.1 Å². The Morgan fingerprint density at radius 3 is 1.82 bits per heavy atom. The van der Waals surface area contributed by atoms with Crippen LogP contribution in [0.5, 0.6) is 0 Å². The normalized spacial score (nSPS) is 13.1. The van der Waals surface area contributed by atoms with Crippen LogP contribution in [-0.4, -0.2) is 19.5 Å². The summed E-state index contributed by atoms with van der Waals surface area (Å²) in [7, 11) is 0. The molecule has 260 valence electrons. The first kappa shape index (κ1) is 31.4. The Kier molecular flexibility index (Phi) is 6.83. The number of oxazole rings is 1. The lowest BCUT2D eigenvalue weighted by molar-refractivity contribution is 0.619. The van der Waals surface area contributed by atoms with Gasteiger partial charge in [-0.2, -0.15) is 0 Å². The molecule has 10 aromatic rings. The Bertz CT molecular complexity index is 3030. The Hall–Kier alpha value is -7.11. The fourth-order valence-corrected chi connectivity index (χ4v) is 8.57. The molecule has 0 N–H and O–H groups in total. The van der Waals surface area contributed by atoms with Gasteiger partial charge in [-0.15, -0.1) is 0 Å². The zero-order valence-electron chi connectivity index (χ0n) is 30.4. The van der Waals surface area contributed by atoms with Crippen LogP contribution in [0.4, 0.5) is 0 Å². The second-order valence-electron chi connectivity index (χ2n) is 14.9. The third-order valence-electron chi connectivity index (χ3n) is 11.2. The molecule has 0 amide bonds. The summed E-state index contributed by atoms with van der Waals surface area (Å²) in [6, 6.07) is 59.4. The first-order valence-corrected chi connectivity index (χ1v) is 18.7. The standard InChI is InChI=1S/C50H34N4O/c1-50(2)40-28-39-36-20-12-13-21-43(36)54(44(39)29-38(40)37-26-27-45-47(46(37)50)53-49(55-45)34-18-10-5-11-19-34)35-24-22-32(23-25-35)42-30-41(31-14-6-3-7-15-31)51-48(52-42)33-16-8-4-9-17-33/h3-30H,1-2H3. The van der Waals surface area contributed by atoms with Crippen molar-refractivity contribution in [3.05, 3.63) is 181 Å². The summed E-state index contributed by atoms with van der Waals surface area (Å²) < 4.78 is 8.74. The van der Waals surface area contributed by atoms with Crippen molar-refractivity contribution in [2.45, 2.75) is 19.3 Å². The van der Waals surface area contributed by atoms with Gasteiger partial charge < -0.3 is 8.98 Å². The number of fused-ring (bicyclic) bond motifs is 8. The van der Waals surface area contributed by atoms with Gasteiger partial charge in [0.2, 0.25) is 5.89 Å². The molecule has 1 aliphatic rings. The SMILES string of the molecule is CC1(C)c2cc3c4ccccc4n(-c4ccc(-c5cc(-c6ccccc6)nc(-c6ccccc6)n5)cc4)c3cc2-c2ccc3oc(-c4ccccc4)nc3c21. The van der Waals surface area contributed by atoms with E-state index in [1.165, 1.54) is 44.1 Å². The predicted octanol–water partition coefficient (Wildman–Crippen LogP) is 12.7. The van der Waals surface area contributed by atoms with Crippen molar-refractivity contribution in [2.24, 2.45) is 0 Å². The third kappa shape index (κ3) is 4.90. The van der Waals surface area contributed by atoms with Crippen LogP contribution in [0.15, 0.2) is 174 Å². The van der Waals surface area contributed by atoms with E-state index in [9.17, 15) is 0 Å². The lowest BCUT2D eigenvalue weighted by Gasteiger charge is -2.21. The quantitative estimate of drug-likeness (QED) is 0.179. The van der Waals surface area contributed by atoms with E-state index in [2.05, 4.69) is 122 Å². The highest BCUT2D eigenvalue weighted by molar-refractivity contribution is 6.12. The van der Waals surface area contributed by atoms with Crippen LogP contribution in [0, 0.1) is 0 Å². The summed E-state index contributed by atoms with van der Waals surface area (Å²) in [6.45, 7) is 4.63. The molecule has 0 spiro atoms. The zero-order valence-corrected chi connectivity index (χ0v) is 30.4. The smallest absolute Gasteiger partial charge is 0.227 e. The average Bonchev–Trinajstić information content (AvgIpc) is 3.89. The van der Waals surface area contributed by atoms with E-state index in [1.807, 2.05) is 66.7 Å². The maximum absolute atomic E-state index is 6.34. The second kappa shape index (κ2) is 12.0. The van der Waals surface area contributed by atoms with Gasteiger partial charge in [0.15, 0.2) is 11.4 Å². The summed E-state index contributed by atoms with van der Waals surface area (Å²) in [5.74, 6) is 1.36. The van der Waals surface area contributed by atoms with Crippen molar-refractivity contribution in [1.29, 1.82) is 0 Å². The molecule has 0 radical (unpaired) electrons. The molecule has 55 heavy (non-hydrogen) atoms. The van der Waals surface area contributed by atoms with Gasteiger partial charge in [-0.05, 0) is 76.9 Å². The zero-order chi connectivity index (χ0) is 36.7. The topological polar surface area (TPSA) is 56.7 Å². The van der Waals surface area contributed by atoms with Crippen LogP contribution >= 0.6 is 0 Å². The molecule has 0 saturated heterocycles. The number of aromatic nitrogens is 4. The fraction of sp³-hybridized carbons (Fsp3) is 0.0600. The van der Waals surface area contributed by atoms with Crippen LogP contribution in [0.1, 0.15) is 25.0 Å². The largest absolute Gasteiger partial charge is 0.436 e. The minimum atomic E-state index is -0.275. The number of benzene rings is 7. The average molecular weight is 707 g/mol. The molecule has 0 saturated carbocycles. The Morgan fingerprint density at radius 1 is 0.491 bits per heavy atom. The van der Waals surface area contributed by atoms with Crippen LogP contribution in [-0.2, 0) is 5.41 Å². The maximum atomic E-state index is 6.34. The monoisotopic (exact) mass is 706 g/mol. The van der Waals surface area contributed by atoms with Crippen molar-refractivity contribution in [3.63, 3.8) is 0 Å². The Balaban J connectivity index is 1.06. The summed E-state index contributed by atoms with van der Waals surface area (Å²) in [6.07, 6.45) is 0. The molecule has 0 aliphatic heterocycles. The number of hydrogen-bond acceptors (Lipinski definition) is 4. The predicted molar refractivity (Wildman–Crippen MR) is 223 cm³/mol. The van der Waals surface area contributed by atoms with E-state index < -0.39 is 0 Å². The molecule has 0 atom stereocenters. The molecule has 5 nitrogen and oxygen atoms in total. The van der Waals surface area contributed by atoms with Gasteiger partial charge in [0.25, 0.3) is 0 Å². The van der Waals surface area contributed by atoms with Gasteiger partial charge in [0.1, 0.15) is 5.52 Å². The maximum Gasteiger partial charge on any atom is 0.227 e. The molecule has 7 aromatic carbocycles. The number of para-hydroxylation sites is 1. The number of hydrogen-bond donors (Lipinski definition) is 0. The second-order valence-corrected chi connectivity index (χ2v) is 14.9. The van der Waals surface area contributed by atoms with Gasteiger partial charge in [-0.25, -0.2) is 15.0 Å². The van der Waals surface area contributed by atoms with Crippen LogP contribution in [0.25, 0.3) is 95.1 Å². The van der Waals surface area contributed by atoms with E-state index in [1.54, 1.807) is 0 Å². The minimum absolute atomic E-state index is 0.275. The van der Waals surface area contributed by atoms with E-state index >= 15 is 0 Å². The summed E-state index contributed by atoms with van der Waals surface area (Å²) >= 11 is 0. The lowest BCUT2D eigenvalue weighted by Crippen LogP contribution is -2.15. The molecule has 0 fully saturated rings. The van der Waals surface area contributed by atoms with E-state index in [0.29, 0.717) is 11.7 Å². The third-order valence-corrected chi connectivity index (χ3v) is 11.2. The molecule has 3 aromatic heterocycles. The van der Waals surface area contributed by atoms with E-state index in [-0.39, 0.29) is 5.41 Å². The van der Waals surface area contributed by atoms with Crippen molar-refractivity contribution in [3.8, 4) is 62.2 Å².